The van der Waals surface area contributed by atoms with Crippen molar-refractivity contribution in [2.24, 2.45) is 0 Å². The molecule has 0 radical (unpaired) electrons. The van der Waals surface area contributed by atoms with Gasteiger partial charge in [-0.3, -0.25) is 4.98 Å². The first-order valence-corrected chi connectivity index (χ1v) is 4.58. The lowest BCUT2D eigenvalue weighted by atomic mass is 10.2. The molecule has 1 aromatic rings. The molecule has 0 saturated carbocycles. The average Bonchev–Trinajstić information content (AvgIpc) is 2.16. The Morgan fingerprint density at radius 2 is 2.27 bits per heavy atom. The van der Waals surface area contributed by atoms with Crippen molar-refractivity contribution in [2.45, 2.75) is 6.54 Å². The molecule has 0 aliphatic carbocycles. The smallest absolute Gasteiger partial charge is 0.328 e. The normalized spacial score (nSPS) is 11.1. The number of rotatable bonds is 4. The van der Waals surface area contributed by atoms with Gasteiger partial charge in [0.2, 0.25) is 0 Å². The highest BCUT2D eigenvalue weighted by Crippen LogP contribution is 2.03. The van der Waals surface area contributed by atoms with Crippen molar-refractivity contribution in [1.82, 2.24) is 9.88 Å². The summed E-state index contributed by atoms with van der Waals surface area (Å²) in [4.78, 5) is 16.5. The summed E-state index contributed by atoms with van der Waals surface area (Å²) in [5, 5.41) is 8.43. The van der Waals surface area contributed by atoms with E-state index in [2.05, 4.69) is 4.98 Å². The first-order chi connectivity index (χ1) is 7.08. The number of hydrogen-bond donors (Lipinski definition) is 1. The zero-order valence-electron chi connectivity index (χ0n) is 8.84. The van der Waals surface area contributed by atoms with Gasteiger partial charge in [0.15, 0.2) is 0 Å². The molecular weight excluding hydrogens is 192 g/mol. The van der Waals surface area contributed by atoms with Gasteiger partial charge in [0.1, 0.15) is 0 Å². The van der Waals surface area contributed by atoms with Gasteiger partial charge in [0.25, 0.3) is 0 Å². The Labute approximate surface area is 88.9 Å². The molecule has 0 unspecified atom stereocenters. The van der Waals surface area contributed by atoms with E-state index in [1.165, 1.54) is 6.08 Å². The van der Waals surface area contributed by atoms with Crippen molar-refractivity contribution in [3.8, 4) is 0 Å². The molecular formula is C11H14N2O2. The monoisotopic (exact) mass is 206 g/mol. The van der Waals surface area contributed by atoms with Crippen LogP contribution < -0.4 is 0 Å². The molecule has 15 heavy (non-hydrogen) atoms. The van der Waals surface area contributed by atoms with Gasteiger partial charge in [-0.15, -0.1) is 0 Å². The second-order valence-corrected chi connectivity index (χ2v) is 3.49. The summed E-state index contributed by atoms with van der Waals surface area (Å²) >= 11 is 0. The van der Waals surface area contributed by atoms with E-state index in [-0.39, 0.29) is 0 Å². The van der Waals surface area contributed by atoms with Crippen molar-refractivity contribution in [3.63, 3.8) is 0 Å². The van der Waals surface area contributed by atoms with Gasteiger partial charge >= 0.3 is 5.97 Å². The molecule has 0 aromatic carbocycles. The van der Waals surface area contributed by atoms with Gasteiger partial charge in [-0.1, -0.05) is 6.07 Å². The fourth-order valence-corrected chi connectivity index (χ4v) is 1.12. The minimum absolute atomic E-state index is 0.781. The van der Waals surface area contributed by atoms with Gasteiger partial charge in [-0.05, 0) is 31.8 Å². The lowest BCUT2D eigenvalue weighted by molar-refractivity contribution is -0.131. The Morgan fingerprint density at radius 3 is 2.73 bits per heavy atom. The minimum Gasteiger partial charge on any atom is -0.478 e. The third kappa shape index (κ3) is 4.37. The summed E-state index contributed by atoms with van der Waals surface area (Å²) in [7, 11) is 3.94. The standard InChI is InChI=1S/C11H14N2O2/c1-13(2)8-10-5-3-9(7-12-10)4-6-11(14)15/h3-7H,8H2,1-2H3,(H,14,15)/b6-4+. The highest BCUT2D eigenvalue weighted by Gasteiger charge is 1.96. The highest BCUT2D eigenvalue weighted by atomic mass is 16.4. The quantitative estimate of drug-likeness (QED) is 0.753. The van der Waals surface area contributed by atoms with E-state index < -0.39 is 5.97 Å². The molecule has 0 amide bonds. The number of carboxylic acids is 1. The Bertz CT molecular complexity index is 355. The molecule has 1 rings (SSSR count). The lowest BCUT2D eigenvalue weighted by Crippen LogP contribution is -2.11. The largest absolute Gasteiger partial charge is 0.478 e. The van der Waals surface area contributed by atoms with Crippen LogP contribution in [0.2, 0.25) is 0 Å². The van der Waals surface area contributed by atoms with Crippen molar-refractivity contribution >= 4 is 12.0 Å². The summed E-state index contributed by atoms with van der Waals surface area (Å²) in [6, 6.07) is 3.74. The zero-order valence-corrected chi connectivity index (χ0v) is 8.84. The van der Waals surface area contributed by atoms with Crippen LogP contribution in [-0.4, -0.2) is 35.1 Å². The molecule has 1 heterocycles. The van der Waals surface area contributed by atoms with Gasteiger partial charge in [0.05, 0.1) is 5.69 Å². The Morgan fingerprint density at radius 1 is 1.53 bits per heavy atom. The van der Waals surface area contributed by atoms with E-state index in [1.807, 2.05) is 31.1 Å². The van der Waals surface area contributed by atoms with Crippen molar-refractivity contribution < 1.29 is 9.90 Å². The van der Waals surface area contributed by atoms with E-state index in [0.717, 1.165) is 23.9 Å². The van der Waals surface area contributed by atoms with E-state index in [4.69, 9.17) is 5.11 Å². The van der Waals surface area contributed by atoms with E-state index in [1.54, 1.807) is 6.20 Å². The molecule has 0 aliphatic heterocycles. The van der Waals surface area contributed by atoms with Crippen molar-refractivity contribution in [3.05, 3.63) is 35.7 Å². The number of nitrogens with zero attached hydrogens (tertiary/aromatic N) is 2. The Balaban J connectivity index is 2.68. The zero-order chi connectivity index (χ0) is 11.3. The maximum Gasteiger partial charge on any atom is 0.328 e. The molecule has 4 heteroatoms. The van der Waals surface area contributed by atoms with Crippen LogP contribution >= 0.6 is 0 Å². The summed E-state index contributed by atoms with van der Waals surface area (Å²) in [6.45, 7) is 0.781. The third-order valence-corrected chi connectivity index (χ3v) is 1.74. The van der Waals surface area contributed by atoms with E-state index in [0.29, 0.717) is 0 Å². The summed E-state index contributed by atoms with van der Waals surface area (Å²) in [5.41, 5.74) is 1.76. The number of aliphatic carboxylic acids is 1. The number of aromatic nitrogens is 1. The Hall–Kier alpha value is -1.68. The minimum atomic E-state index is -0.952. The fraction of sp³-hybridized carbons (Fsp3) is 0.273. The van der Waals surface area contributed by atoms with Gasteiger partial charge in [-0.25, -0.2) is 4.79 Å². The Kier molecular flexibility index (Phi) is 4.00. The molecule has 0 atom stereocenters. The van der Waals surface area contributed by atoms with Crippen LogP contribution in [-0.2, 0) is 11.3 Å². The lowest BCUT2D eigenvalue weighted by Gasteiger charge is -2.08. The van der Waals surface area contributed by atoms with Crippen LogP contribution in [0.25, 0.3) is 6.08 Å². The highest BCUT2D eigenvalue weighted by molar-refractivity contribution is 5.85. The van der Waals surface area contributed by atoms with Gasteiger partial charge in [-0.2, -0.15) is 0 Å². The molecule has 0 saturated heterocycles. The predicted molar refractivity (Wildman–Crippen MR) is 58.3 cm³/mol. The number of pyridine rings is 1. The van der Waals surface area contributed by atoms with E-state index in [9.17, 15) is 4.79 Å². The van der Waals surface area contributed by atoms with Gasteiger partial charge in [0, 0.05) is 18.8 Å². The molecule has 1 aromatic heterocycles. The molecule has 4 nitrogen and oxygen atoms in total. The van der Waals surface area contributed by atoms with Crippen LogP contribution in [0.1, 0.15) is 11.3 Å². The second kappa shape index (κ2) is 5.26. The van der Waals surface area contributed by atoms with Crippen LogP contribution in [0.3, 0.4) is 0 Å². The summed E-state index contributed by atoms with van der Waals surface area (Å²) in [6.07, 6.45) is 4.29. The number of hydrogen-bond acceptors (Lipinski definition) is 3. The maximum atomic E-state index is 10.3. The van der Waals surface area contributed by atoms with Crippen molar-refractivity contribution in [1.29, 1.82) is 0 Å². The number of carbonyl (C=O) groups is 1. The maximum absolute atomic E-state index is 10.3. The molecule has 80 valence electrons. The molecule has 0 fully saturated rings. The predicted octanol–water partition coefficient (Wildman–Crippen LogP) is 1.24. The second-order valence-electron chi connectivity index (χ2n) is 3.49. The SMILES string of the molecule is CN(C)Cc1ccc(/C=C/C(=O)O)cn1. The van der Waals surface area contributed by atoms with Gasteiger partial charge < -0.3 is 10.0 Å². The first-order valence-electron chi connectivity index (χ1n) is 4.58. The summed E-state index contributed by atoms with van der Waals surface area (Å²) < 4.78 is 0. The molecule has 0 aliphatic rings. The topological polar surface area (TPSA) is 53.4 Å². The average molecular weight is 206 g/mol. The van der Waals surface area contributed by atoms with Crippen LogP contribution in [0.5, 0.6) is 0 Å². The molecule has 1 N–H and O–H groups in total. The summed E-state index contributed by atoms with van der Waals surface area (Å²) in [5.74, 6) is -0.952. The van der Waals surface area contributed by atoms with Crippen LogP contribution in [0.4, 0.5) is 0 Å². The first kappa shape index (κ1) is 11.4. The third-order valence-electron chi connectivity index (χ3n) is 1.74. The van der Waals surface area contributed by atoms with E-state index >= 15 is 0 Å². The van der Waals surface area contributed by atoms with Crippen LogP contribution in [0.15, 0.2) is 24.4 Å². The number of carboxylic acid groups (broad SMARTS) is 1. The van der Waals surface area contributed by atoms with Crippen LogP contribution in [0, 0.1) is 0 Å². The van der Waals surface area contributed by atoms with Crippen molar-refractivity contribution in [2.75, 3.05) is 14.1 Å². The molecule has 0 spiro atoms. The fourth-order valence-electron chi connectivity index (χ4n) is 1.12. The molecule has 0 bridgehead atoms.